The molecule has 0 amide bonds. The molecule has 90 valence electrons. The van der Waals surface area contributed by atoms with Gasteiger partial charge < -0.3 is 9.84 Å². The van der Waals surface area contributed by atoms with Crippen molar-refractivity contribution in [1.82, 2.24) is 4.98 Å². The van der Waals surface area contributed by atoms with Gasteiger partial charge in [-0.1, -0.05) is 12.1 Å². The van der Waals surface area contributed by atoms with E-state index in [9.17, 15) is 5.11 Å². The maximum Gasteiger partial charge on any atom is 0.140 e. The van der Waals surface area contributed by atoms with E-state index in [1.165, 1.54) is 0 Å². The molecule has 5 heteroatoms. The van der Waals surface area contributed by atoms with Crippen LogP contribution in [0.2, 0.25) is 0 Å². The molecule has 1 heterocycles. The smallest absolute Gasteiger partial charge is 0.140 e. The third-order valence-electron chi connectivity index (χ3n) is 2.23. The van der Waals surface area contributed by atoms with Crippen LogP contribution in [-0.2, 0) is 13.2 Å². The van der Waals surface area contributed by atoms with Gasteiger partial charge >= 0.3 is 0 Å². The van der Waals surface area contributed by atoms with Gasteiger partial charge in [0.15, 0.2) is 0 Å². The summed E-state index contributed by atoms with van der Waals surface area (Å²) >= 11 is 4.99. The number of benzene rings is 1. The molecule has 2 rings (SSSR count). The molecule has 3 nitrogen and oxygen atoms in total. The molecule has 0 bridgehead atoms. The van der Waals surface area contributed by atoms with Crippen molar-refractivity contribution in [1.29, 1.82) is 0 Å². The molecule has 0 fully saturated rings. The van der Waals surface area contributed by atoms with Crippen LogP contribution in [0.15, 0.2) is 28.1 Å². The van der Waals surface area contributed by atoms with Gasteiger partial charge in [-0.05, 0) is 28.9 Å². The predicted octanol–water partition coefficient (Wildman–Crippen LogP) is 3.29. The largest absolute Gasteiger partial charge is 0.485 e. The van der Waals surface area contributed by atoms with Gasteiger partial charge in [-0.25, -0.2) is 4.98 Å². The maximum atomic E-state index is 9.23. The van der Waals surface area contributed by atoms with E-state index >= 15 is 0 Å². The second kappa shape index (κ2) is 5.62. The zero-order valence-corrected chi connectivity index (χ0v) is 11.7. The Hall–Kier alpha value is -0.910. The summed E-state index contributed by atoms with van der Waals surface area (Å²) in [5.41, 5.74) is 1.77. The maximum absolute atomic E-state index is 9.23. The van der Waals surface area contributed by atoms with E-state index < -0.39 is 0 Å². The molecular formula is C12H12BrNO2S. The number of halogens is 1. The van der Waals surface area contributed by atoms with Crippen LogP contribution in [0, 0.1) is 6.92 Å². The number of aliphatic hydroxyl groups excluding tert-OH is 1. The molecule has 0 saturated carbocycles. The fourth-order valence-electron chi connectivity index (χ4n) is 1.44. The van der Waals surface area contributed by atoms with Crippen LogP contribution in [-0.4, -0.2) is 10.1 Å². The summed E-state index contributed by atoms with van der Waals surface area (Å²) in [5, 5.41) is 12.2. The number of rotatable bonds is 4. The van der Waals surface area contributed by atoms with E-state index in [1.807, 2.05) is 30.5 Å². The molecule has 1 aromatic carbocycles. The minimum Gasteiger partial charge on any atom is -0.485 e. The fraction of sp³-hybridized carbons (Fsp3) is 0.250. The van der Waals surface area contributed by atoms with Crippen molar-refractivity contribution in [2.24, 2.45) is 0 Å². The molecule has 1 aromatic heterocycles. The first-order chi connectivity index (χ1) is 8.20. The highest BCUT2D eigenvalue weighted by atomic mass is 79.9. The monoisotopic (exact) mass is 313 g/mol. The first-order valence-corrected chi connectivity index (χ1v) is 6.80. The van der Waals surface area contributed by atoms with E-state index in [0.717, 1.165) is 20.7 Å². The Labute approximate surface area is 112 Å². The summed E-state index contributed by atoms with van der Waals surface area (Å²) in [5.74, 6) is 0.683. The van der Waals surface area contributed by atoms with Crippen LogP contribution < -0.4 is 4.74 Å². The highest BCUT2D eigenvalue weighted by molar-refractivity contribution is 9.10. The van der Waals surface area contributed by atoms with E-state index in [1.54, 1.807) is 11.3 Å². The first-order valence-electron chi connectivity index (χ1n) is 5.12. The van der Waals surface area contributed by atoms with Crippen molar-refractivity contribution in [3.05, 3.63) is 44.3 Å². The number of aromatic nitrogens is 1. The minimum absolute atomic E-state index is 0.0360. The molecule has 1 N–H and O–H groups in total. The molecule has 2 aromatic rings. The highest BCUT2D eigenvalue weighted by Crippen LogP contribution is 2.30. The zero-order chi connectivity index (χ0) is 12.3. The van der Waals surface area contributed by atoms with Gasteiger partial charge in [-0.2, -0.15) is 0 Å². The Balaban J connectivity index is 2.13. The standard InChI is InChI=1S/C12H12BrNO2S/c1-8-7-17-11(14-8)6-16-12-9(5-15)3-2-4-10(12)13/h2-4,7,15H,5-6H2,1H3. The molecule has 0 aliphatic carbocycles. The lowest BCUT2D eigenvalue weighted by molar-refractivity contribution is 0.258. The lowest BCUT2D eigenvalue weighted by Gasteiger charge is -2.10. The summed E-state index contributed by atoms with van der Waals surface area (Å²) in [7, 11) is 0. The van der Waals surface area contributed by atoms with Crippen LogP contribution >= 0.6 is 27.3 Å². The molecule has 0 spiro atoms. The molecular weight excluding hydrogens is 302 g/mol. The number of thiazole rings is 1. The summed E-state index contributed by atoms with van der Waals surface area (Å²) in [4.78, 5) is 4.33. The van der Waals surface area contributed by atoms with Crippen molar-refractivity contribution in [3.8, 4) is 5.75 Å². The predicted molar refractivity (Wildman–Crippen MR) is 71.2 cm³/mol. The second-order valence-electron chi connectivity index (χ2n) is 3.56. The van der Waals surface area contributed by atoms with E-state index in [2.05, 4.69) is 20.9 Å². The molecule has 0 aliphatic heterocycles. The van der Waals surface area contributed by atoms with Gasteiger partial charge in [0.2, 0.25) is 0 Å². The number of aliphatic hydroxyl groups is 1. The normalized spacial score (nSPS) is 10.5. The van der Waals surface area contributed by atoms with Gasteiger partial charge in [0.05, 0.1) is 11.1 Å². The molecule has 0 saturated heterocycles. The minimum atomic E-state index is -0.0360. The molecule has 0 unspecified atom stereocenters. The Morgan fingerprint density at radius 1 is 1.47 bits per heavy atom. The topological polar surface area (TPSA) is 42.4 Å². The Bertz CT molecular complexity index is 513. The second-order valence-corrected chi connectivity index (χ2v) is 5.35. The number of para-hydroxylation sites is 1. The summed E-state index contributed by atoms with van der Waals surface area (Å²) < 4.78 is 6.54. The average molecular weight is 314 g/mol. The molecule has 17 heavy (non-hydrogen) atoms. The average Bonchev–Trinajstić information content (AvgIpc) is 2.73. The number of hydrogen-bond donors (Lipinski definition) is 1. The van der Waals surface area contributed by atoms with Crippen LogP contribution in [0.3, 0.4) is 0 Å². The Morgan fingerprint density at radius 3 is 2.94 bits per heavy atom. The molecule has 0 aliphatic rings. The third-order valence-corrected chi connectivity index (χ3v) is 3.79. The number of aryl methyl sites for hydroxylation is 1. The lowest BCUT2D eigenvalue weighted by Crippen LogP contribution is -1.99. The quantitative estimate of drug-likeness (QED) is 0.942. The fourth-order valence-corrected chi connectivity index (χ4v) is 2.65. The van der Waals surface area contributed by atoms with Gasteiger partial charge in [-0.15, -0.1) is 11.3 Å². The van der Waals surface area contributed by atoms with Gasteiger partial charge in [0, 0.05) is 16.6 Å². The van der Waals surface area contributed by atoms with Crippen molar-refractivity contribution < 1.29 is 9.84 Å². The first kappa shape index (κ1) is 12.5. The van der Waals surface area contributed by atoms with Crippen LogP contribution in [0.1, 0.15) is 16.3 Å². The van der Waals surface area contributed by atoms with Crippen molar-refractivity contribution in [2.75, 3.05) is 0 Å². The van der Waals surface area contributed by atoms with Crippen LogP contribution in [0.25, 0.3) is 0 Å². The van der Waals surface area contributed by atoms with Gasteiger partial charge in [0.25, 0.3) is 0 Å². The number of ether oxygens (including phenoxy) is 1. The van der Waals surface area contributed by atoms with E-state index in [4.69, 9.17) is 4.74 Å². The third kappa shape index (κ3) is 3.06. The van der Waals surface area contributed by atoms with E-state index in [0.29, 0.717) is 12.4 Å². The highest BCUT2D eigenvalue weighted by Gasteiger charge is 2.08. The summed E-state index contributed by atoms with van der Waals surface area (Å²) in [6.07, 6.45) is 0. The number of hydrogen-bond acceptors (Lipinski definition) is 4. The van der Waals surface area contributed by atoms with E-state index in [-0.39, 0.29) is 6.61 Å². The summed E-state index contributed by atoms with van der Waals surface area (Å²) in [6, 6.07) is 5.60. The van der Waals surface area contributed by atoms with Crippen molar-refractivity contribution in [2.45, 2.75) is 20.1 Å². The SMILES string of the molecule is Cc1csc(COc2c(Br)cccc2CO)n1. The van der Waals surface area contributed by atoms with Gasteiger partial charge in [0.1, 0.15) is 17.4 Å². The zero-order valence-electron chi connectivity index (χ0n) is 9.31. The van der Waals surface area contributed by atoms with Crippen molar-refractivity contribution >= 4 is 27.3 Å². The molecule has 0 radical (unpaired) electrons. The van der Waals surface area contributed by atoms with Crippen LogP contribution in [0.5, 0.6) is 5.75 Å². The number of nitrogens with zero attached hydrogens (tertiary/aromatic N) is 1. The van der Waals surface area contributed by atoms with Gasteiger partial charge in [-0.3, -0.25) is 0 Å². The Kier molecular flexibility index (Phi) is 4.15. The molecule has 0 atom stereocenters. The lowest BCUT2D eigenvalue weighted by atomic mass is 10.2. The van der Waals surface area contributed by atoms with Crippen LogP contribution in [0.4, 0.5) is 0 Å². The summed E-state index contributed by atoms with van der Waals surface area (Å²) in [6.45, 7) is 2.34. The van der Waals surface area contributed by atoms with Crippen molar-refractivity contribution in [3.63, 3.8) is 0 Å². The Morgan fingerprint density at radius 2 is 2.29 bits per heavy atom.